The average Bonchev–Trinajstić information content (AvgIpc) is 2.35. The highest BCUT2D eigenvalue weighted by Gasteiger charge is 2.25. The normalized spacial score (nSPS) is 19.4. The van der Waals surface area contributed by atoms with Crippen LogP contribution >= 0.6 is 11.6 Å². The molecule has 96 valence electrons. The predicted octanol–water partition coefficient (Wildman–Crippen LogP) is 2.29. The van der Waals surface area contributed by atoms with Crippen LogP contribution in [-0.2, 0) is 0 Å². The van der Waals surface area contributed by atoms with E-state index in [0.717, 1.165) is 26.2 Å². The van der Waals surface area contributed by atoms with Crippen LogP contribution in [-0.4, -0.2) is 43.0 Å². The molecule has 1 aromatic rings. The zero-order valence-electron chi connectivity index (χ0n) is 10.2. The van der Waals surface area contributed by atoms with Crippen LogP contribution in [0.2, 0.25) is 5.02 Å². The molecule has 0 radical (unpaired) electrons. The van der Waals surface area contributed by atoms with Gasteiger partial charge in [0.2, 0.25) is 0 Å². The van der Waals surface area contributed by atoms with Gasteiger partial charge in [0, 0.05) is 36.8 Å². The van der Waals surface area contributed by atoms with Crippen molar-refractivity contribution < 1.29 is 4.39 Å². The molecular formula is C13H15ClFN3. The van der Waals surface area contributed by atoms with E-state index in [0.29, 0.717) is 10.6 Å². The molecule has 0 N–H and O–H groups in total. The SMILES string of the molecule is CN1CCN(C(C#N)c2ccc(F)cc2Cl)CC1. The summed E-state index contributed by atoms with van der Waals surface area (Å²) >= 11 is 6.02. The van der Waals surface area contributed by atoms with Crippen molar-refractivity contribution in [2.75, 3.05) is 33.2 Å². The Morgan fingerprint density at radius 3 is 2.56 bits per heavy atom. The van der Waals surface area contributed by atoms with E-state index in [1.165, 1.54) is 12.1 Å². The maximum Gasteiger partial charge on any atom is 0.125 e. The summed E-state index contributed by atoms with van der Waals surface area (Å²) < 4.78 is 13.0. The first-order valence-corrected chi connectivity index (χ1v) is 6.27. The molecule has 2 rings (SSSR count). The monoisotopic (exact) mass is 267 g/mol. The number of piperazine rings is 1. The van der Waals surface area contributed by atoms with E-state index in [1.54, 1.807) is 6.07 Å². The summed E-state index contributed by atoms with van der Waals surface area (Å²) in [5, 5.41) is 9.65. The maximum absolute atomic E-state index is 13.0. The van der Waals surface area contributed by atoms with Crippen molar-refractivity contribution in [1.82, 2.24) is 9.80 Å². The van der Waals surface area contributed by atoms with Crippen LogP contribution in [0.5, 0.6) is 0 Å². The summed E-state index contributed by atoms with van der Waals surface area (Å²) in [6.45, 7) is 3.50. The van der Waals surface area contributed by atoms with Gasteiger partial charge in [-0.05, 0) is 19.2 Å². The summed E-state index contributed by atoms with van der Waals surface area (Å²) in [5.41, 5.74) is 0.685. The van der Waals surface area contributed by atoms with Gasteiger partial charge in [-0.3, -0.25) is 4.90 Å². The van der Waals surface area contributed by atoms with Gasteiger partial charge in [0.25, 0.3) is 0 Å². The molecule has 3 nitrogen and oxygen atoms in total. The van der Waals surface area contributed by atoms with Gasteiger partial charge < -0.3 is 4.90 Å². The second-order valence-electron chi connectivity index (χ2n) is 4.54. The van der Waals surface area contributed by atoms with Crippen LogP contribution in [0, 0.1) is 17.1 Å². The first kappa shape index (κ1) is 13.3. The van der Waals surface area contributed by atoms with Crippen LogP contribution in [0.1, 0.15) is 11.6 Å². The number of hydrogen-bond acceptors (Lipinski definition) is 3. The largest absolute Gasteiger partial charge is 0.304 e. The van der Waals surface area contributed by atoms with Crippen LogP contribution in [0.25, 0.3) is 0 Å². The van der Waals surface area contributed by atoms with Gasteiger partial charge in [-0.15, -0.1) is 0 Å². The highest BCUT2D eigenvalue weighted by atomic mass is 35.5. The van der Waals surface area contributed by atoms with Gasteiger partial charge in [0.15, 0.2) is 0 Å². The average molecular weight is 268 g/mol. The molecule has 1 saturated heterocycles. The van der Waals surface area contributed by atoms with Crippen LogP contribution < -0.4 is 0 Å². The van der Waals surface area contributed by atoms with E-state index < -0.39 is 6.04 Å². The molecule has 0 saturated carbocycles. The molecule has 1 aromatic carbocycles. The number of halogens is 2. The van der Waals surface area contributed by atoms with Crippen molar-refractivity contribution in [3.05, 3.63) is 34.6 Å². The Labute approximate surface area is 111 Å². The number of nitrogens with zero attached hydrogens (tertiary/aromatic N) is 3. The minimum Gasteiger partial charge on any atom is -0.304 e. The fourth-order valence-corrected chi connectivity index (χ4v) is 2.42. The fraction of sp³-hybridized carbons (Fsp3) is 0.462. The Bertz CT molecular complexity index is 464. The van der Waals surface area contributed by atoms with Crippen molar-refractivity contribution in [2.45, 2.75) is 6.04 Å². The summed E-state index contributed by atoms with van der Waals surface area (Å²) in [4.78, 5) is 4.30. The van der Waals surface area contributed by atoms with Gasteiger partial charge in [0.05, 0.1) is 6.07 Å². The van der Waals surface area contributed by atoms with Crippen molar-refractivity contribution in [2.24, 2.45) is 0 Å². The third-order valence-electron chi connectivity index (χ3n) is 3.28. The summed E-state index contributed by atoms with van der Waals surface area (Å²) in [6.07, 6.45) is 0. The van der Waals surface area contributed by atoms with Crippen molar-refractivity contribution in [1.29, 1.82) is 5.26 Å². The molecule has 0 amide bonds. The third-order valence-corrected chi connectivity index (χ3v) is 3.61. The van der Waals surface area contributed by atoms with Crippen molar-refractivity contribution in [3.63, 3.8) is 0 Å². The molecular weight excluding hydrogens is 253 g/mol. The molecule has 0 bridgehead atoms. The van der Waals surface area contributed by atoms with Crippen LogP contribution in [0.15, 0.2) is 18.2 Å². The highest BCUT2D eigenvalue weighted by Crippen LogP contribution is 2.28. The highest BCUT2D eigenvalue weighted by molar-refractivity contribution is 6.31. The topological polar surface area (TPSA) is 30.3 Å². The van der Waals surface area contributed by atoms with E-state index in [1.807, 2.05) is 0 Å². The summed E-state index contributed by atoms with van der Waals surface area (Å²) in [6, 6.07) is 6.08. The number of nitriles is 1. The summed E-state index contributed by atoms with van der Waals surface area (Å²) in [7, 11) is 2.06. The smallest absolute Gasteiger partial charge is 0.125 e. The van der Waals surface area contributed by atoms with Crippen molar-refractivity contribution in [3.8, 4) is 6.07 Å². The lowest BCUT2D eigenvalue weighted by molar-refractivity contribution is 0.133. The molecule has 1 heterocycles. The Hall–Kier alpha value is -1.15. The van der Waals surface area contributed by atoms with Gasteiger partial charge >= 0.3 is 0 Å². The quantitative estimate of drug-likeness (QED) is 0.824. The van der Waals surface area contributed by atoms with E-state index >= 15 is 0 Å². The van der Waals surface area contributed by atoms with Gasteiger partial charge in [-0.2, -0.15) is 5.26 Å². The molecule has 1 aliphatic heterocycles. The first-order valence-electron chi connectivity index (χ1n) is 5.89. The maximum atomic E-state index is 13.0. The van der Waals surface area contributed by atoms with Gasteiger partial charge in [-0.25, -0.2) is 4.39 Å². The van der Waals surface area contributed by atoms with E-state index in [4.69, 9.17) is 11.6 Å². The predicted molar refractivity (Wildman–Crippen MR) is 68.8 cm³/mol. The minimum atomic E-state index is -0.396. The molecule has 1 fully saturated rings. The molecule has 0 aliphatic carbocycles. The van der Waals surface area contributed by atoms with E-state index in [2.05, 4.69) is 22.9 Å². The van der Waals surface area contributed by atoms with E-state index in [-0.39, 0.29) is 5.82 Å². The van der Waals surface area contributed by atoms with E-state index in [9.17, 15) is 9.65 Å². The van der Waals surface area contributed by atoms with Crippen molar-refractivity contribution >= 4 is 11.6 Å². The number of likely N-dealkylation sites (N-methyl/N-ethyl adjacent to an activating group) is 1. The fourth-order valence-electron chi connectivity index (χ4n) is 2.15. The second kappa shape index (κ2) is 5.66. The zero-order valence-corrected chi connectivity index (χ0v) is 11.0. The third kappa shape index (κ3) is 2.81. The number of benzene rings is 1. The lowest BCUT2D eigenvalue weighted by Crippen LogP contribution is -2.45. The standard InChI is InChI=1S/C13H15ClFN3/c1-17-4-6-18(7-5-17)13(9-16)11-3-2-10(15)8-12(11)14/h2-3,8,13H,4-7H2,1H3. The molecule has 1 aliphatic rings. The van der Waals surface area contributed by atoms with Gasteiger partial charge in [0.1, 0.15) is 11.9 Å². The molecule has 5 heteroatoms. The van der Waals surface area contributed by atoms with Gasteiger partial charge in [-0.1, -0.05) is 17.7 Å². The molecule has 18 heavy (non-hydrogen) atoms. The Kier molecular flexibility index (Phi) is 4.18. The van der Waals surface area contributed by atoms with Crippen LogP contribution in [0.3, 0.4) is 0 Å². The molecule has 1 atom stereocenters. The zero-order chi connectivity index (χ0) is 13.1. The molecule has 0 spiro atoms. The second-order valence-corrected chi connectivity index (χ2v) is 4.94. The Morgan fingerprint density at radius 2 is 2.00 bits per heavy atom. The number of rotatable bonds is 2. The molecule has 0 aromatic heterocycles. The lowest BCUT2D eigenvalue weighted by atomic mass is 10.1. The number of hydrogen-bond donors (Lipinski definition) is 0. The first-order chi connectivity index (χ1) is 8.61. The minimum absolute atomic E-state index is 0.320. The summed E-state index contributed by atoms with van der Waals surface area (Å²) in [5.74, 6) is -0.376. The Morgan fingerprint density at radius 1 is 1.33 bits per heavy atom. The Balaban J connectivity index is 2.21. The lowest BCUT2D eigenvalue weighted by Gasteiger charge is -2.35. The van der Waals surface area contributed by atoms with Crippen LogP contribution in [0.4, 0.5) is 4.39 Å². The molecule has 1 unspecified atom stereocenters.